The van der Waals surface area contributed by atoms with Crippen LogP contribution in [0.1, 0.15) is 34.3 Å². The van der Waals surface area contributed by atoms with E-state index in [1.165, 1.54) is 36.4 Å². The molecule has 0 radical (unpaired) electrons. The quantitative estimate of drug-likeness (QED) is 0.235. The number of hydrogen-bond donors (Lipinski definition) is 0. The molecule has 0 aromatic heterocycles. The summed E-state index contributed by atoms with van der Waals surface area (Å²) in [5.41, 5.74) is 2.11. The summed E-state index contributed by atoms with van der Waals surface area (Å²) in [5, 5.41) is 0. The van der Waals surface area contributed by atoms with Crippen molar-refractivity contribution in [3.8, 4) is 17.6 Å². The first-order chi connectivity index (χ1) is 18.7. The molecule has 3 aromatic carbocycles. The van der Waals surface area contributed by atoms with Crippen LogP contribution in [0.4, 0.5) is 11.4 Å². The lowest BCUT2D eigenvalue weighted by molar-refractivity contribution is 0.0601. The Balaban J connectivity index is 1.67. The number of rotatable bonds is 8. The smallest absolute Gasteiger partial charge is 0.340 e. The zero-order valence-corrected chi connectivity index (χ0v) is 24.6. The number of anilines is 2. The summed E-state index contributed by atoms with van der Waals surface area (Å²) in [5.74, 6) is 6.02. The molecule has 0 amide bonds. The molecule has 0 N–H and O–H groups in total. The highest BCUT2D eigenvalue weighted by Crippen LogP contribution is 2.40. The van der Waals surface area contributed by atoms with Crippen molar-refractivity contribution in [1.29, 1.82) is 0 Å². The maximum absolute atomic E-state index is 14.2. The Bertz CT molecular complexity index is 1500. The van der Waals surface area contributed by atoms with E-state index in [0.29, 0.717) is 21.5 Å². The van der Waals surface area contributed by atoms with Crippen LogP contribution in [0, 0.1) is 25.7 Å². The Morgan fingerprint density at radius 3 is 2.36 bits per heavy atom. The number of nitrogens with zero attached hydrogens (tertiary/aromatic N) is 2. The number of carbonyl (C=O) groups excluding carboxylic acids is 1. The SMILES string of the molecule is COC(=O)c1cc(Br)cc(C)c1N(c1ccccc1C)S(=O)(=O)c1ccc(OCC#CCN2CCCC2)cc1. The first-order valence-corrected chi connectivity index (χ1v) is 14.9. The largest absolute Gasteiger partial charge is 0.481 e. The molecule has 7 nitrogen and oxygen atoms in total. The number of methoxy groups -OCH3 is 1. The standard InChI is InChI=1S/C30H31BrN2O5S/c1-22-10-4-5-11-28(22)33(29-23(2)20-24(31)21-27(29)30(34)37-3)39(35,36)26-14-12-25(13-15-26)38-19-9-8-18-32-16-6-7-17-32/h4-5,10-15,20-21H,6-7,16-19H2,1-3H3. The van der Waals surface area contributed by atoms with Gasteiger partial charge < -0.3 is 9.47 Å². The number of hydrogen-bond acceptors (Lipinski definition) is 6. The van der Waals surface area contributed by atoms with Gasteiger partial charge in [0.15, 0.2) is 0 Å². The highest BCUT2D eigenvalue weighted by molar-refractivity contribution is 9.10. The lowest BCUT2D eigenvalue weighted by Gasteiger charge is -2.29. The molecule has 1 heterocycles. The van der Waals surface area contributed by atoms with Crippen molar-refractivity contribution in [3.63, 3.8) is 0 Å². The molecular weight excluding hydrogens is 580 g/mol. The molecular formula is C30H31BrN2O5S. The maximum atomic E-state index is 14.2. The molecule has 39 heavy (non-hydrogen) atoms. The lowest BCUT2D eigenvalue weighted by atomic mass is 10.1. The third-order valence-electron chi connectivity index (χ3n) is 6.51. The van der Waals surface area contributed by atoms with Crippen molar-refractivity contribution in [2.75, 3.05) is 37.7 Å². The Morgan fingerprint density at radius 2 is 1.69 bits per heavy atom. The van der Waals surface area contributed by atoms with Gasteiger partial charge in [-0.15, -0.1) is 0 Å². The monoisotopic (exact) mass is 610 g/mol. The van der Waals surface area contributed by atoms with Crippen molar-refractivity contribution >= 4 is 43.3 Å². The fourth-order valence-electron chi connectivity index (χ4n) is 4.52. The van der Waals surface area contributed by atoms with Crippen molar-refractivity contribution in [2.45, 2.75) is 31.6 Å². The number of carbonyl (C=O) groups is 1. The zero-order chi connectivity index (χ0) is 28.0. The van der Waals surface area contributed by atoms with Gasteiger partial charge in [-0.1, -0.05) is 46.0 Å². The second-order valence-electron chi connectivity index (χ2n) is 9.26. The zero-order valence-electron chi connectivity index (χ0n) is 22.2. The number of likely N-dealkylation sites (tertiary alicyclic amines) is 1. The van der Waals surface area contributed by atoms with Gasteiger partial charge >= 0.3 is 5.97 Å². The molecule has 0 atom stereocenters. The molecule has 0 spiro atoms. The Labute approximate surface area is 238 Å². The molecule has 1 saturated heterocycles. The minimum Gasteiger partial charge on any atom is -0.481 e. The van der Waals surface area contributed by atoms with Crippen molar-refractivity contribution in [1.82, 2.24) is 4.90 Å². The molecule has 1 aliphatic heterocycles. The van der Waals surface area contributed by atoms with E-state index in [2.05, 4.69) is 32.7 Å². The van der Waals surface area contributed by atoms with Crippen LogP contribution in [0.15, 0.2) is 70.0 Å². The van der Waals surface area contributed by atoms with Gasteiger partial charge in [-0.2, -0.15) is 0 Å². The third-order valence-corrected chi connectivity index (χ3v) is 8.69. The van der Waals surface area contributed by atoms with Crippen LogP contribution in [0.3, 0.4) is 0 Å². The summed E-state index contributed by atoms with van der Waals surface area (Å²) in [6.45, 7) is 6.71. The van der Waals surface area contributed by atoms with Crippen LogP contribution in [0.5, 0.6) is 5.75 Å². The fourth-order valence-corrected chi connectivity index (χ4v) is 6.73. The second kappa shape index (κ2) is 12.7. The molecule has 1 fully saturated rings. The van der Waals surface area contributed by atoms with E-state index in [4.69, 9.17) is 9.47 Å². The number of halogens is 1. The summed E-state index contributed by atoms with van der Waals surface area (Å²) in [7, 11) is -2.90. The molecule has 0 unspecified atom stereocenters. The lowest BCUT2D eigenvalue weighted by Crippen LogP contribution is -2.29. The molecule has 9 heteroatoms. The van der Waals surface area contributed by atoms with Gasteiger partial charge in [-0.05, 0) is 93.4 Å². The Morgan fingerprint density at radius 1 is 1.00 bits per heavy atom. The Hall–Kier alpha value is -3.32. The summed E-state index contributed by atoms with van der Waals surface area (Å²) >= 11 is 3.41. The van der Waals surface area contributed by atoms with Gasteiger partial charge in [0, 0.05) is 4.47 Å². The topological polar surface area (TPSA) is 76.1 Å². The Kier molecular flexibility index (Phi) is 9.33. The van der Waals surface area contributed by atoms with Crippen LogP contribution < -0.4 is 9.04 Å². The normalized spacial score (nSPS) is 13.4. The van der Waals surface area contributed by atoms with Crippen molar-refractivity contribution in [2.24, 2.45) is 0 Å². The van der Waals surface area contributed by atoms with Gasteiger partial charge in [-0.25, -0.2) is 17.5 Å². The molecule has 204 valence electrons. The van der Waals surface area contributed by atoms with Crippen LogP contribution in [0.2, 0.25) is 0 Å². The van der Waals surface area contributed by atoms with Gasteiger partial charge in [0.25, 0.3) is 10.0 Å². The molecule has 4 rings (SSSR count). The summed E-state index contributed by atoms with van der Waals surface area (Å²) in [6, 6.07) is 16.7. The molecule has 0 bridgehead atoms. The fraction of sp³-hybridized carbons (Fsp3) is 0.300. The molecule has 3 aromatic rings. The van der Waals surface area contributed by atoms with Crippen LogP contribution >= 0.6 is 15.9 Å². The second-order valence-corrected chi connectivity index (χ2v) is 12.0. The average Bonchev–Trinajstić information content (AvgIpc) is 3.44. The number of esters is 1. The van der Waals surface area contributed by atoms with E-state index in [1.807, 2.05) is 19.1 Å². The number of ether oxygens (including phenoxy) is 2. The van der Waals surface area contributed by atoms with E-state index in [0.717, 1.165) is 25.2 Å². The number of para-hydroxylation sites is 1. The van der Waals surface area contributed by atoms with Gasteiger partial charge in [0.1, 0.15) is 12.4 Å². The van der Waals surface area contributed by atoms with Crippen LogP contribution in [0.25, 0.3) is 0 Å². The minimum atomic E-state index is -4.16. The van der Waals surface area contributed by atoms with Crippen molar-refractivity contribution in [3.05, 3.63) is 81.8 Å². The molecule has 0 saturated carbocycles. The van der Waals surface area contributed by atoms with Gasteiger partial charge in [0.2, 0.25) is 0 Å². The third kappa shape index (κ3) is 6.64. The summed E-state index contributed by atoms with van der Waals surface area (Å²) in [4.78, 5) is 15.2. The van der Waals surface area contributed by atoms with E-state index in [9.17, 15) is 13.2 Å². The van der Waals surface area contributed by atoms with Crippen LogP contribution in [-0.2, 0) is 14.8 Å². The highest BCUT2D eigenvalue weighted by Gasteiger charge is 2.33. The summed E-state index contributed by atoms with van der Waals surface area (Å²) < 4.78 is 41.0. The average molecular weight is 612 g/mol. The van der Waals surface area contributed by atoms with Gasteiger partial charge in [-0.3, -0.25) is 4.90 Å². The first kappa shape index (κ1) is 28.7. The van der Waals surface area contributed by atoms with E-state index < -0.39 is 16.0 Å². The van der Waals surface area contributed by atoms with E-state index in [1.54, 1.807) is 43.3 Å². The maximum Gasteiger partial charge on any atom is 0.340 e. The molecule has 1 aliphatic rings. The van der Waals surface area contributed by atoms with E-state index >= 15 is 0 Å². The number of sulfonamides is 1. The summed E-state index contributed by atoms with van der Waals surface area (Å²) in [6.07, 6.45) is 2.44. The predicted octanol–water partition coefficient (Wildman–Crippen LogP) is 5.86. The highest BCUT2D eigenvalue weighted by atomic mass is 79.9. The number of aryl methyl sites for hydroxylation is 2. The van der Waals surface area contributed by atoms with Crippen molar-refractivity contribution < 1.29 is 22.7 Å². The predicted molar refractivity (Wildman–Crippen MR) is 156 cm³/mol. The number of benzene rings is 3. The minimum absolute atomic E-state index is 0.0522. The first-order valence-electron chi connectivity index (χ1n) is 12.6. The molecule has 0 aliphatic carbocycles. The van der Waals surface area contributed by atoms with Gasteiger partial charge in [0.05, 0.1) is 35.5 Å². The van der Waals surface area contributed by atoms with E-state index in [-0.39, 0.29) is 22.8 Å². The van der Waals surface area contributed by atoms with Crippen LogP contribution in [-0.4, -0.2) is 52.6 Å².